The van der Waals surface area contributed by atoms with Crippen molar-refractivity contribution in [2.24, 2.45) is 5.92 Å². The monoisotopic (exact) mass is 210 g/mol. The minimum atomic E-state index is -0.157. The molecule has 0 saturated heterocycles. The normalized spacial score (nSPS) is 12.9. The number of hydrogen-bond donors (Lipinski definition) is 0. The van der Waals surface area contributed by atoms with E-state index in [-0.39, 0.29) is 11.7 Å². The molecule has 0 aliphatic carbocycles. The van der Waals surface area contributed by atoms with Gasteiger partial charge in [-0.1, -0.05) is 26.8 Å². The molecule has 2 heteroatoms. The highest BCUT2D eigenvalue weighted by Gasteiger charge is 2.17. The van der Waals surface area contributed by atoms with Gasteiger partial charge in [-0.2, -0.15) is 0 Å². The van der Waals surface area contributed by atoms with Crippen LogP contribution in [-0.2, 0) is 0 Å². The Morgan fingerprint density at radius 3 is 2.40 bits per heavy atom. The van der Waals surface area contributed by atoms with Crippen molar-refractivity contribution in [3.8, 4) is 5.75 Å². The largest absolute Gasteiger partial charge is 0.497 e. The van der Waals surface area contributed by atoms with Crippen LogP contribution in [0.4, 0.5) is 4.39 Å². The third kappa shape index (κ3) is 2.71. The molecule has 1 nitrogen and oxygen atoms in total. The second-order valence-corrected chi connectivity index (χ2v) is 4.15. The minimum Gasteiger partial charge on any atom is -0.497 e. The highest BCUT2D eigenvalue weighted by molar-refractivity contribution is 5.31. The van der Waals surface area contributed by atoms with E-state index in [0.717, 1.165) is 12.0 Å². The summed E-state index contributed by atoms with van der Waals surface area (Å²) in [5.74, 6) is 1.17. The summed E-state index contributed by atoms with van der Waals surface area (Å²) in [7, 11) is 1.55. The van der Waals surface area contributed by atoms with Gasteiger partial charge in [-0.3, -0.25) is 0 Å². The predicted molar refractivity (Wildman–Crippen MR) is 60.8 cm³/mol. The average Bonchev–Trinajstić information content (AvgIpc) is 2.20. The first kappa shape index (κ1) is 12.0. The highest BCUT2D eigenvalue weighted by atomic mass is 19.1. The van der Waals surface area contributed by atoms with Crippen LogP contribution in [0, 0.1) is 11.7 Å². The van der Waals surface area contributed by atoms with E-state index >= 15 is 0 Å². The number of hydrogen-bond acceptors (Lipinski definition) is 1. The summed E-state index contributed by atoms with van der Waals surface area (Å²) >= 11 is 0. The van der Waals surface area contributed by atoms with Crippen molar-refractivity contribution in [1.29, 1.82) is 0 Å². The van der Waals surface area contributed by atoms with Crippen molar-refractivity contribution in [3.63, 3.8) is 0 Å². The highest BCUT2D eigenvalue weighted by Crippen LogP contribution is 2.31. The van der Waals surface area contributed by atoms with Crippen LogP contribution < -0.4 is 4.74 Å². The summed E-state index contributed by atoms with van der Waals surface area (Å²) in [6, 6.07) is 5.12. The van der Waals surface area contributed by atoms with E-state index in [1.54, 1.807) is 7.11 Å². The van der Waals surface area contributed by atoms with Crippen molar-refractivity contribution < 1.29 is 9.13 Å². The Bertz CT molecular complexity index is 320. The topological polar surface area (TPSA) is 9.23 Å². The number of methoxy groups -OCH3 is 1. The molecule has 0 spiro atoms. The molecule has 0 fully saturated rings. The van der Waals surface area contributed by atoms with Gasteiger partial charge in [-0.05, 0) is 29.9 Å². The molecule has 1 aromatic carbocycles. The van der Waals surface area contributed by atoms with Gasteiger partial charge >= 0.3 is 0 Å². The lowest BCUT2D eigenvalue weighted by atomic mass is 9.86. The number of rotatable bonds is 4. The molecule has 0 aliphatic rings. The maximum absolute atomic E-state index is 13.8. The van der Waals surface area contributed by atoms with Gasteiger partial charge in [0.1, 0.15) is 11.6 Å². The Balaban J connectivity index is 3.03. The van der Waals surface area contributed by atoms with E-state index < -0.39 is 0 Å². The van der Waals surface area contributed by atoms with Crippen LogP contribution in [0.1, 0.15) is 38.7 Å². The molecule has 0 saturated carbocycles. The molecule has 1 aromatic rings. The minimum absolute atomic E-state index is 0.157. The van der Waals surface area contributed by atoms with E-state index in [1.807, 2.05) is 12.1 Å². The van der Waals surface area contributed by atoms with Crippen molar-refractivity contribution in [2.45, 2.75) is 33.1 Å². The first-order chi connectivity index (χ1) is 7.10. The molecular weight excluding hydrogens is 191 g/mol. The van der Waals surface area contributed by atoms with E-state index in [2.05, 4.69) is 20.8 Å². The average molecular weight is 210 g/mol. The molecule has 0 amide bonds. The smallest absolute Gasteiger partial charge is 0.130 e. The third-order valence-corrected chi connectivity index (χ3v) is 2.85. The molecule has 0 heterocycles. The Morgan fingerprint density at radius 2 is 2.00 bits per heavy atom. The Labute approximate surface area is 91.3 Å². The number of benzene rings is 1. The molecule has 0 aliphatic heterocycles. The zero-order chi connectivity index (χ0) is 11.4. The van der Waals surface area contributed by atoms with E-state index in [4.69, 9.17) is 4.74 Å². The first-order valence-electron chi connectivity index (χ1n) is 5.43. The van der Waals surface area contributed by atoms with Gasteiger partial charge in [0, 0.05) is 6.07 Å². The van der Waals surface area contributed by atoms with Crippen molar-refractivity contribution in [1.82, 2.24) is 0 Å². The van der Waals surface area contributed by atoms with Gasteiger partial charge in [0.05, 0.1) is 7.11 Å². The van der Waals surface area contributed by atoms with Gasteiger partial charge in [0.15, 0.2) is 0 Å². The Hall–Kier alpha value is -1.05. The van der Waals surface area contributed by atoms with Gasteiger partial charge < -0.3 is 4.74 Å². The molecule has 15 heavy (non-hydrogen) atoms. The molecule has 0 bridgehead atoms. The second-order valence-electron chi connectivity index (χ2n) is 4.15. The van der Waals surface area contributed by atoms with Crippen LogP contribution in [0.2, 0.25) is 0 Å². The first-order valence-corrected chi connectivity index (χ1v) is 5.43. The lowest BCUT2D eigenvalue weighted by molar-refractivity contribution is 0.407. The fourth-order valence-corrected chi connectivity index (χ4v) is 1.99. The maximum Gasteiger partial charge on any atom is 0.130 e. The summed E-state index contributed by atoms with van der Waals surface area (Å²) in [5, 5.41) is 0. The SMILES string of the molecule is CC[C@H](c1ccc(OC)cc1F)C(C)C. The van der Waals surface area contributed by atoms with E-state index in [1.165, 1.54) is 6.07 Å². The van der Waals surface area contributed by atoms with Crippen molar-refractivity contribution >= 4 is 0 Å². The molecule has 1 atom stereocenters. The summed E-state index contributed by atoms with van der Waals surface area (Å²) in [4.78, 5) is 0. The van der Waals surface area contributed by atoms with Crippen molar-refractivity contribution in [3.05, 3.63) is 29.6 Å². The fraction of sp³-hybridized carbons (Fsp3) is 0.538. The second kappa shape index (κ2) is 5.15. The van der Waals surface area contributed by atoms with Crippen LogP contribution in [0.5, 0.6) is 5.75 Å². The quantitative estimate of drug-likeness (QED) is 0.730. The van der Waals surface area contributed by atoms with Crippen LogP contribution in [-0.4, -0.2) is 7.11 Å². The number of ether oxygens (including phenoxy) is 1. The van der Waals surface area contributed by atoms with Crippen LogP contribution in [0.25, 0.3) is 0 Å². The fourth-order valence-electron chi connectivity index (χ4n) is 1.99. The molecule has 0 unspecified atom stereocenters. The molecular formula is C13H19FO. The van der Waals surface area contributed by atoms with Gasteiger partial charge in [-0.15, -0.1) is 0 Å². The Morgan fingerprint density at radius 1 is 1.33 bits per heavy atom. The summed E-state index contributed by atoms with van der Waals surface area (Å²) < 4.78 is 18.7. The zero-order valence-corrected chi connectivity index (χ0v) is 9.88. The van der Waals surface area contributed by atoms with Crippen LogP contribution in [0.3, 0.4) is 0 Å². The van der Waals surface area contributed by atoms with Crippen LogP contribution >= 0.6 is 0 Å². The third-order valence-electron chi connectivity index (χ3n) is 2.85. The molecule has 0 N–H and O–H groups in total. The summed E-state index contributed by atoms with van der Waals surface area (Å²) in [6.07, 6.45) is 0.959. The standard InChI is InChI=1S/C13H19FO/c1-5-11(9(2)3)12-7-6-10(15-4)8-13(12)14/h6-9,11H,5H2,1-4H3/t11-/m0/s1. The lowest BCUT2D eigenvalue weighted by Gasteiger charge is -2.20. The predicted octanol–water partition coefficient (Wildman–Crippen LogP) is 3.98. The van der Waals surface area contributed by atoms with E-state index in [9.17, 15) is 4.39 Å². The van der Waals surface area contributed by atoms with Crippen LogP contribution in [0.15, 0.2) is 18.2 Å². The van der Waals surface area contributed by atoms with Gasteiger partial charge in [0.25, 0.3) is 0 Å². The maximum atomic E-state index is 13.8. The van der Waals surface area contributed by atoms with E-state index in [0.29, 0.717) is 11.7 Å². The lowest BCUT2D eigenvalue weighted by Crippen LogP contribution is -2.07. The summed E-state index contributed by atoms with van der Waals surface area (Å²) in [6.45, 7) is 6.34. The zero-order valence-electron chi connectivity index (χ0n) is 9.88. The molecule has 0 aromatic heterocycles. The number of halogens is 1. The van der Waals surface area contributed by atoms with Crippen molar-refractivity contribution in [2.75, 3.05) is 7.11 Å². The molecule has 84 valence electrons. The molecule has 1 rings (SSSR count). The Kier molecular flexibility index (Phi) is 4.13. The summed E-state index contributed by atoms with van der Waals surface area (Å²) in [5.41, 5.74) is 0.799. The van der Waals surface area contributed by atoms with Gasteiger partial charge in [-0.25, -0.2) is 4.39 Å². The van der Waals surface area contributed by atoms with Gasteiger partial charge in [0.2, 0.25) is 0 Å². The molecule has 0 radical (unpaired) electrons.